The van der Waals surface area contributed by atoms with Gasteiger partial charge in [0.05, 0.1) is 12.9 Å². The molecule has 0 unspecified atom stereocenters. The maximum atomic E-state index is 12.3. The fraction of sp³-hybridized carbons (Fsp3) is 0.222. The second kappa shape index (κ2) is 5.52. The molecule has 0 bridgehead atoms. The Morgan fingerprint density at radius 3 is 2.62 bits per heavy atom. The fourth-order valence-electron chi connectivity index (χ4n) is 2.43. The predicted molar refractivity (Wildman–Crippen MR) is 84.6 cm³/mol. The second-order valence-corrected chi connectivity index (χ2v) is 5.63. The van der Waals surface area contributed by atoms with Gasteiger partial charge in [-0.15, -0.1) is 0 Å². The zero-order valence-electron chi connectivity index (χ0n) is 12.3. The van der Waals surface area contributed by atoms with Crippen LogP contribution in [-0.2, 0) is 6.54 Å². The van der Waals surface area contributed by atoms with E-state index in [4.69, 9.17) is 0 Å². The highest BCUT2D eigenvalue weighted by molar-refractivity contribution is 5.99. The third kappa shape index (κ3) is 2.87. The number of hydrogen-bond acceptors (Lipinski definition) is 2. The highest BCUT2D eigenvalue weighted by atomic mass is 16.1. The zero-order valence-corrected chi connectivity index (χ0v) is 12.3. The quantitative estimate of drug-likeness (QED) is 0.675. The molecule has 0 aliphatic carbocycles. The molecule has 0 saturated heterocycles. The molecule has 1 heterocycles. The summed E-state index contributed by atoms with van der Waals surface area (Å²) in [5, 5.41) is 2.29. The summed E-state index contributed by atoms with van der Waals surface area (Å²) in [4.78, 5) is 16.2. The minimum absolute atomic E-state index is 0.0998. The van der Waals surface area contributed by atoms with E-state index >= 15 is 0 Å². The third-order valence-corrected chi connectivity index (χ3v) is 3.74. The Balaban J connectivity index is 1.90. The minimum atomic E-state index is 0.0998. The van der Waals surface area contributed by atoms with Crippen LogP contribution in [-0.4, -0.2) is 15.3 Å². The predicted octanol–water partition coefficient (Wildman–Crippen LogP) is 4.04. The highest BCUT2D eigenvalue weighted by Crippen LogP contribution is 2.22. The number of carbonyl (C=O) groups excluding carboxylic acids is 1. The molecule has 0 saturated carbocycles. The number of fused-ring (bicyclic) bond motifs is 1. The summed E-state index contributed by atoms with van der Waals surface area (Å²) in [6.07, 6.45) is 5.14. The normalized spacial score (nSPS) is 11.2. The van der Waals surface area contributed by atoms with Crippen molar-refractivity contribution in [2.24, 2.45) is 0 Å². The molecule has 0 radical (unpaired) electrons. The molecular weight excluding hydrogens is 260 g/mol. The van der Waals surface area contributed by atoms with Gasteiger partial charge in [0.2, 0.25) is 0 Å². The van der Waals surface area contributed by atoms with Crippen LogP contribution in [0.2, 0.25) is 0 Å². The smallest absolute Gasteiger partial charge is 0.182 e. The van der Waals surface area contributed by atoms with Gasteiger partial charge in [0, 0.05) is 18.0 Å². The largest absolute Gasteiger partial charge is 0.330 e. The average Bonchev–Trinajstić information content (AvgIpc) is 2.99. The molecule has 106 valence electrons. The van der Waals surface area contributed by atoms with E-state index in [1.807, 2.05) is 18.2 Å². The molecule has 3 aromatic rings. The van der Waals surface area contributed by atoms with E-state index < -0.39 is 0 Å². The number of Topliss-reactive ketones (excluding diaryl/α,β-unsaturated/α-hetero) is 1. The van der Waals surface area contributed by atoms with Crippen molar-refractivity contribution in [1.82, 2.24) is 9.55 Å². The van der Waals surface area contributed by atoms with E-state index in [-0.39, 0.29) is 5.78 Å². The van der Waals surface area contributed by atoms with Crippen LogP contribution in [0.3, 0.4) is 0 Å². The number of rotatable bonds is 4. The zero-order chi connectivity index (χ0) is 14.8. The van der Waals surface area contributed by atoms with Crippen molar-refractivity contribution in [3.8, 4) is 0 Å². The SMILES string of the molecule is CC(C)c1ccc2cc(C(=O)Cn3ccnc3)ccc2c1. The van der Waals surface area contributed by atoms with Gasteiger partial charge >= 0.3 is 0 Å². The van der Waals surface area contributed by atoms with E-state index in [9.17, 15) is 4.79 Å². The molecule has 0 N–H and O–H groups in total. The van der Waals surface area contributed by atoms with Crippen LogP contribution in [0.15, 0.2) is 55.1 Å². The van der Waals surface area contributed by atoms with Crippen LogP contribution in [0.1, 0.15) is 35.7 Å². The van der Waals surface area contributed by atoms with Crippen molar-refractivity contribution in [3.63, 3.8) is 0 Å². The summed E-state index contributed by atoms with van der Waals surface area (Å²) in [5.41, 5.74) is 2.06. The van der Waals surface area contributed by atoms with Gasteiger partial charge in [-0.25, -0.2) is 4.98 Å². The van der Waals surface area contributed by atoms with Gasteiger partial charge in [-0.1, -0.05) is 44.2 Å². The monoisotopic (exact) mass is 278 g/mol. The molecule has 3 rings (SSSR count). The summed E-state index contributed by atoms with van der Waals surface area (Å²) in [6.45, 7) is 4.70. The first-order valence-electron chi connectivity index (χ1n) is 7.16. The van der Waals surface area contributed by atoms with Crippen molar-refractivity contribution in [3.05, 3.63) is 66.2 Å². The van der Waals surface area contributed by atoms with Crippen molar-refractivity contribution in [2.45, 2.75) is 26.3 Å². The Bertz CT molecular complexity index is 773. The Hall–Kier alpha value is -2.42. The molecule has 2 aromatic carbocycles. The molecule has 21 heavy (non-hydrogen) atoms. The lowest BCUT2D eigenvalue weighted by atomic mass is 9.97. The summed E-state index contributed by atoms with van der Waals surface area (Å²) >= 11 is 0. The van der Waals surface area contributed by atoms with Crippen LogP contribution in [0, 0.1) is 0 Å². The standard InChI is InChI=1S/C18H18N2O/c1-13(2)14-3-4-16-10-17(6-5-15(16)9-14)18(21)11-20-8-7-19-12-20/h3-10,12-13H,11H2,1-2H3. The van der Waals surface area contributed by atoms with Gasteiger partial charge in [-0.3, -0.25) is 4.79 Å². The van der Waals surface area contributed by atoms with E-state index in [0.29, 0.717) is 12.5 Å². The maximum Gasteiger partial charge on any atom is 0.182 e. The molecule has 0 atom stereocenters. The van der Waals surface area contributed by atoms with E-state index in [1.165, 1.54) is 10.9 Å². The topological polar surface area (TPSA) is 34.9 Å². The van der Waals surface area contributed by atoms with Crippen LogP contribution in [0.4, 0.5) is 0 Å². The van der Waals surface area contributed by atoms with Crippen molar-refractivity contribution >= 4 is 16.6 Å². The first kappa shape index (κ1) is 13.6. The van der Waals surface area contributed by atoms with Gasteiger partial charge < -0.3 is 4.57 Å². The highest BCUT2D eigenvalue weighted by Gasteiger charge is 2.08. The molecule has 0 amide bonds. The van der Waals surface area contributed by atoms with E-state index in [0.717, 1.165) is 10.9 Å². The van der Waals surface area contributed by atoms with Crippen LogP contribution >= 0.6 is 0 Å². The number of aromatic nitrogens is 2. The van der Waals surface area contributed by atoms with Gasteiger partial charge in [-0.05, 0) is 28.3 Å². The summed E-state index contributed by atoms with van der Waals surface area (Å²) in [7, 11) is 0. The number of carbonyl (C=O) groups is 1. The Labute approximate surface area is 124 Å². The molecule has 0 fully saturated rings. The lowest BCUT2D eigenvalue weighted by Crippen LogP contribution is -2.08. The lowest BCUT2D eigenvalue weighted by molar-refractivity contribution is 0.0972. The molecule has 3 nitrogen and oxygen atoms in total. The number of ketones is 1. The Morgan fingerprint density at radius 2 is 1.90 bits per heavy atom. The van der Waals surface area contributed by atoms with E-state index in [1.54, 1.807) is 23.3 Å². The molecular formula is C18H18N2O. The molecule has 1 aromatic heterocycles. The number of hydrogen-bond donors (Lipinski definition) is 0. The Morgan fingerprint density at radius 1 is 1.14 bits per heavy atom. The van der Waals surface area contributed by atoms with Crippen molar-refractivity contribution in [2.75, 3.05) is 0 Å². The average molecular weight is 278 g/mol. The summed E-state index contributed by atoms with van der Waals surface area (Å²) in [6, 6.07) is 12.3. The van der Waals surface area contributed by atoms with Gasteiger partial charge in [0.1, 0.15) is 0 Å². The molecule has 3 heteroatoms. The van der Waals surface area contributed by atoms with Crippen molar-refractivity contribution in [1.29, 1.82) is 0 Å². The summed E-state index contributed by atoms with van der Waals surface area (Å²) in [5.74, 6) is 0.611. The van der Waals surface area contributed by atoms with Gasteiger partial charge in [-0.2, -0.15) is 0 Å². The Kier molecular flexibility index (Phi) is 3.57. The van der Waals surface area contributed by atoms with Gasteiger partial charge in [0.15, 0.2) is 5.78 Å². The molecule has 0 aliphatic heterocycles. The van der Waals surface area contributed by atoms with E-state index in [2.05, 4.69) is 37.0 Å². The van der Waals surface area contributed by atoms with Crippen molar-refractivity contribution < 1.29 is 4.79 Å². The first-order chi connectivity index (χ1) is 10.1. The maximum absolute atomic E-state index is 12.3. The van der Waals surface area contributed by atoms with Crippen LogP contribution < -0.4 is 0 Å². The number of nitrogens with zero attached hydrogens (tertiary/aromatic N) is 2. The lowest BCUT2D eigenvalue weighted by Gasteiger charge is -2.08. The molecule has 0 spiro atoms. The minimum Gasteiger partial charge on any atom is -0.330 e. The number of benzene rings is 2. The van der Waals surface area contributed by atoms with Crippen LogP contribution in [0.5, 0.6) is 0 Å². The number of imidazole rings is 1. The first-order valence-corrected chi connectivity index (χ1v) is 7.16. The third-order valence-electron chi connectivity index (χ3n) is 3.74. The fourth-order valence-corrected chi connectivity index (χ4v) is 2.43. The van der Waals surface area contributed by atoms with Crippen LogP contribution in [0.25, 0.3) is 10.8 Å². The summed E-state index contributed by atoms with van der Waals surface area (Å²) < 4.78 is 1.79. The molecule has 0 aliphatic rings. The van der Waals surface area contributed by atoms with Gasteiger partial charge in [0.25, 0.3) is 0 Å². The second-order valence-electron chi connectivity index (χ2n) is 5.63.